The lowest BCUT2D eigenvalue weighted by molar-refractivity contribution is 1.61. The summed E-state index contributed by atoms with van der Waals surface area (Å²) in [6.07, 6.45) is 0. The lowest BCUT2D eigenvalue weighted by atomic mass is 9.81. The Kier molecular flexibility index (Phi) is 7.60. The number of hydrogen-bond donors (Lipinski definition) is 0. The fraction of sp³-hybridized carbons (Fsp3) is 0. The lowest BCUT2D eigenvalue weighted by Gasteiger charge is -2.22. The van der Waals surface area contributed by atoms with Gasteiger partial charge in [-0.1, -0.05) is 218 Å². The average molecular weight is 709 g/mol. The van der Waals surface area contributed by atoms with Crippen molar-refractivity contribution in [3.63, 3.8) is 0 Å². The highest BCUT2D eigenvalue weighted by atomic mass is 14.2. The Bertz CT molecular complexity index is 3280. The molecule has 0 saturated heterocycles. The van der Waals surface area contributed by atoms with Crippen molar-refractivity contribution in [1.29, 1.82) is 0 Å². The minimum Gasteiger partial charge on any atom is -0.0616 e. The largest absolute Gasteiger partial charge is 0.0616 e. The van der Waals surface area contributed by atoms with Gasteiger partial charge < -0.3 is 0 Å². The van der Waals surface area contributed by atoms with E-state index in [1.165, 1.54) is 109 Å². The molecule has 11 aromatic rings. The third-order valence-electron chi connectivity index (χ3n) is 11.7. The molecular weight excluding hydrogens is 673 g/mol. The van der Waals surface area contributed by atoms with Crippen molar-refractivity contribution >= 4 is 53.9 Å². The van der Waals surface area contributed by atoms with Gasteiger partial charge in [-0.15, -0.1) is 0 Å². The zero-order chi connectivity index (χ0) is 37.0. The van der Waals surface area contributed by atoms with Crippen molar-refractivity contribution in [2.24, 2.45) is 0 Å². The summed E-state index contributed by atoms with van der Waals surface area (Å²) in [5.74, 6) is 0. The van der Waals surface area contributed by atoms with E-state index in [9.17, 15) is 0 Å². The summed E-state index contributed by atoms with van der Waals surface area (Å²) in [6.45, 7) is 0. The first-order valence-electron chi connectivity index (χ1n) is 19.4. The number of benzene rings is 11. The molecule has 11 rings (SSSR count). The molecule has 0 N–H and O–H groups in total. The second kappa shape index (κ2) is 13.2. The topological polar surface area (TPSA) is 0 Å². The van der Waals surface area contributed by atoms with Gasteiger partial charge in [-0.2, -0.15) is 0 Å². The van der Waals surface area contributed by atoms with Gasteiger partial charge in [-0.25, -0.2) is 0 Å². The predicted octanol–water partition coefficient (Wildman–Crippen LogP) is 15.8. The molecule has 0 amide bonds. The van der Waals surface area contributed by atoms with Crippen molar-refractivity contribution in [2.45, 2.75) is 0 Å². The molecule has 0 radical (unpaired) electrons. The summed E-state index contributed by atoms with van der Waals surface area (Å²) >= 11 is 0. The minimum absolute atomic E-state index is 1.20. The van der Waals surface area contributed by atoms with Gasteiger partial charge in [0.15, 0.2) is 0 Å². The van der Waals surface area contributed by atoms with Crippen LogP contribution in [-0.2, 0) is 0 Å². The summed E-state index contributed by atoms with van der Waals surface area (Å²) in [4.78, 5) is 0. The molecule has 56 heavy (non-hydrogen) atoms. The molecule has 0 heterocycles. The van der Waals surface area contributed by atoms with Gasteiger partial charge in [0, 0.05) is 0 Å². The van der Waals surface area contributed by atoms with Crippen molar-refractivity contribution in [3.8, 4) is 55.6 Å². The van der Waals surface area contributed by atoms with Crippen LogP contribution in [0.3, 0.4) is 0 Å². The highest BCUT2D eigenvalue weighted by molar-refractivity contribution is 6.27. The van der Waals surface area contributed by atoms with E-state index in [2.05, 4.69) is 218 Å². The van der Waals surface area contributed by atoms with E-state index in [4.69, 9.17) is 0 Å². The van der Waals surface area contributed by atoms with Crippen molar-refractivity contribution in [2.75, 3.05) is 0 Å². The van der Waals surface area contributed by atoms with E-state index >= 15 is 0 Å². The molecule has 0 bridgehead atoms. The lowest BCUT2D eigenvalue weighted by Crippen LogP contribution is -1.95. The minimum atomic E-state index is 1.20. The van der Waals surface area contributed by atoms with Crippen molar-refractivity contribution in [1.82, 2.24) is 0 Å². The van der Waals surface area contributed by atoms with Crippen LogP contribution < -0.4 is 0 Å². The normalized spacial score (nSPS) is 11.6. The van der Waals surface area contributed by atoms with Gasteiger partial charge >= 0.3 is 0 Å². The van der Waals surface area contributed by atoms with Crippen LogP contribution in [0.15, 0.2) is 218 Å². The summed E-state index contributed by atoms with van der Waals surface area (Å²) < 4.78 is 0. The highest BCUT2D eigenvalue weighted by Gasteiger charge is 2.22. The van der Waals surface area contributed by atoms with E-state index in [1.807, 2.05) is 0 Å². The Labute approximate surface area is 326 Å². The maximum atomic E-state index is 2.34. The molecule has 0 saturated carbocycles. The van der Waals surface area contributed by atoms with E-state index < -0.39 is 0 Å². The fourth-order valence-corrected chi connectivity index (χ4v) is 9.19. The molecule has 0 unspecified atom stereocenters. The molecule has 0 aliphatic carbocycles. The Morgan fingerprint density at radius 2 is 0.536 bits per heavy atom. The first-order chi connectivity index (χ1) is 27.8. The quantitative estimate of drug-likeness (QED) is 0.156. The molecule has 0 nitrogen and oxygen atoms in total. The second-order valence-corrected chi connectivity index (χ2v) is 14.7. The molecular formula is C56H36. The van der Waals surface area contributed by atoms with Crippen LogP contribution in [0.5, 0.6) is 0 Å². The van der Waals surface area contributed by atoms with Crippen LogP contribution in [0.4, 0.5) is 0 Å². The molecule has 0 aliphatic rings. The van der Waals surface area contributed by atoms with Gasteiger partial charge in [0.2, 0.25) is 0 Å². The second-order valence-electron chi connectivity index (χ2n) is 14.7. The first-order valence-corrected chi connectivity index (χ1v) is 19.4. The van der Waals surface area contributed by atoms with E-state index in [-0.39, 0.29) is 0 Å². The Morgan fingerprint density at radius 3 is 1.16 bits per heavy atom. The first kappa shape index (κ1) is 32.2. The van der Waals surface area contributed by atoms with Crippen molar-refractivity contribution < 1.29 is 0 Å². The van der Waals surface area contributed by atoms with E-state index in [1.54, 1.807) is 0 Å². The molecule has 0 heteroatoms. The van der Waals surface area contributed by atoms with Gasteiger partial charge in [0.1, 0.15) is 0 Å². The van der Waals surface area contributed by atoms with Crippen LogP contribution in [-0.4, -0.2) is 0 Å². The van der Waals surface area contributed by atoms with Crippen LogP contribution >= 0.6 is 0 Å². The zero-order valence-corrected chi connectivity index (χ0v) is 30.8. The van der Waals surface area contributed by atoms with Crippen LogP contribution in [0.1, 0.15) is 0 Å². The van der Waals surface area contributed by atoms with Crippen LogP contribution in [0, 0.1) is 0 Å². The maximum Gasteiger partial charge on any atom is -0.00139 e. The maximum absolute atomic E-state index is 2.34. The molecule has 260 valence electrons. The Morgan fingerprint density at radius 1 is 0.179 bits per heavy atom. The average Bonchev–Trinajstić information content (AvgIpc) is 3.27. The summed E-state index contributed by atoms with van der Waals surface area (Å²) in [5, 5.41) is 12.5. The third kappa shape index (κ3) is 5.15. The molecule has 0 spiro atoms. The SMILES string of the molecule is c1ccc(-c2cccc3c(-c4cccc5ccccc45)c4ccccc4c(-c4ccc(-c5cccc6ccccc56)cc4)c23)c(-c2cccc3ccccc23)c1. The monoisotopic (exact) mass is 708 g/mol. The van der Waals surface area contributed by atoms with E-state index in [0.717, 1.165) is 0 Å². The van der Waals surface area contributed by atoms with Crippen LogP contribution in [0.25, 0.3) is 109 Å². The number of rotatable bonds is 5. The third-order valence-corrected chi connectivity index (χ3v) is 11.7. The zero-order valence-electron chi connectivity index (χ0n) is 30.8. The summed E-state index contributed by atoms with van der Waals surface area (Å²) in [7, 11) is 0. The van der Waals surface area contributed by atoms with Gasteiger partial charge in [0.25, 0.3) is 0 Å². The van der Waals surface area contributed by atoms with Gasteiger partial charge in [0.05, 0.1) is 0 Å². The molecule has 11 aromatic carbocycles. The standard InChI is InChI=1S/C56H36/c1-4-21-42-37(15-1)18-11-28-43(42)40-33-35-41(36-34-40)54-51-26-9-10-27-52(51)55(49-30-13-20-39-17-3-6-23-45(39)49)53-32-14-31-50(56(53)54)48-25-8-7-24-47(48)46-29-12-19-38-16-2-5-22-44(38)46/h1-36H. The van der Waals surface area contributed by atoms with E-state index in [0.29, 0.717) is 0 Å². The number of hydrogen-bond acceptors (Lipinski definition) is 0. The summed E-state index contributed by atoms with van der Waals surface area (Å²) in [5.41, 5.74) is 12.4. The van der Waals surface area contributed by atoms with Gasteiger partial charge in [-0.3, -0.25) is 0 Å². The molecule has 0 atom stereocenters. The molecule has 0 aromatic heterocycles. The highest BCUT2D eigenvalue weighted by Crippen LogP contribution is 2.50. The van der Waals surface area contributed by atoms with Crippen LogP contribution in [0.2, 0.25) is 0 Å². The Hall–Kier alpha value is -7.28. The Balaban J connectivity index is 1.25. The fourth-order valence-electron chi connectivity index (χ4n) is 9.19. The summed E-state index contributed by atoms with van der Waals surface area (Å²) in [6, 6.07) is 80.4. The molecule has 0 fully saturated rings. The smallest absolute Gasteiger partial charge is 0.00139 e. The number of fused-ring (bicyclic) bond motifs is 5. The van der Waals surface area contributed by atoms with Crippen molar-refractivity contribution in [3.05, 3.63) is 218 Å². The molecule has 0 aliphatic heterocycles. The van der Waals surface area contributed by atoms with Gasteiger partial charge in [-0.05, 0) is 109 Å². The predicted molar refractivity (Wildman–Crippen MR) is 241 cm³/mol.